The monoisotopic (exact) mass is 348 g/mol. The summed E-state index contributed by atoms with van der Waals surface area (Å²) in [5, 5.41) is 10.0. The smallest absolute Gasteiger partial charge is 0.303 e. The van der Waals surface area contributed by atoms with Gasteiger partial charge in [0, 0.05) is 27.7 Å². The first kappa shape index (κ1) is 19.8. The Bertz CT molecular complexity index is 502. The molecule has 1 heterocycles. The molecule has 0 amide bonds. The zero-order chi connectivity index (χ0) is 18.4. The Hall–Kier alpha value is -2.20. The van der Waals surface area contributed by atoms with Crippen molar-refractivity contribution in [2.45, 2.75) is 58.4 Å². The molecule has 24 heavy (non-hydrogen) atoms. The quantitative estimate of drug-likeness (QED) is 0.490. The number of esters is 4. The van der Waals surface area contributed by atoms with E-state index in [4.69, 9.17) is 23.7 Å². The van der Waals surface area contributed by atoms with E-state index in [0.29, 0.717) is 0 Å². The molecule has 1 fully saturated rings. The summed E-state index contributed by atoms with van der Waals surface area (Å²) >= 11 is 0. The average Bonchev–Trinajstić information content (AvgIpc) is 2.42. The Morgan fingerprint density at radius 1 is 0.792 bits per heavy atom. The number of aliphatic hydroxyl groups is 1. The maximum absolute atomic E-state index is 11.3. The van der Waals surface area contributed by atoms with Crippen LogP contribution < -0.4 is 0 Å². The number of hydrogen-bond acceptors (Lipinski definition) is 10. The predicted octanol–water partition coefficient (Wildman–Crippen LogP) is -0.938. The van der Waals surface area contributed by atoms with E-state index in [1.165, 1.54) is 0 Å². The van der Waals surface area contributed by atoms with Gasteiger partial charge in [-0.3, -0.25) is 19.2 Å². The molecule has 136 valence electrons. The summed E-state index contributed by atoms with van der Waals surface area (Å²) < 4.78 is 25.0. The molecule has 1 N–H and O–H groups in total. The standard InChI is InChI=1S/C14H20O10/c1-6(15)20-5-10-11(21-7(2)16)12(22-8(3)17)13(14(19)24-10)23-9(4)18/h10-14,19H,5H2,1-4H3/t10-,11+,12-,13+,14?/m1/s1. The molecule has 0 saturated carbocycles. The first-order chi connectivity index (χ1) is 11.1. The fourth-order valence-electron chi connectivity index (χ4n) is 2.21. The SMILES string of the molecule is CC(=O)OC[C@H]1OC(O)[C@@H](OC(C)=O)[C@H](OC(C)=O)[C@H]1OC(C)=O. The Kier molecular flexibility index (Phi) is 7.11. The number of aliphatic hydroxyl groups excluding tert-OH is 1. The molecule has 1 aliphatic heterocycles. The average molecular weight is 348 g/mol. The number of carbonyl (C=O) groups excluding carboxylic acids is 4. The maximum Gasteiger partial charge on any atom is 0.303 e. The van der Waals surface area contributed by atoms with Crippen LogP contribution in [0.1, 0.15) is 27.7 Å². The van der Waals surface area contributed by atoms with Gasteiger partial charge in [0.15, 0.2) is 24.6 Å². The highest BCUT2D eigenvalue weighted by Crippen LogP contribution is 2.28. The minimum atomic E-state index is -1.68. The van der Waals surface area contributed by atoms with E-state index in [1.54, 1.807) is 0 Å². The lowest BCUT2D eigenvalue weighted by Gasteiger charge is -2.42. The Labute approximate surface area is 137 Å². The summed E-state index contributed by atoms with van der Waals surface area (Å²) in [7, 11) is 0. The van der Waals surface area contributed by atoms with Crippen molar-refractivity contribution in [1.29, 1.82) is 0 Å². The molecule has 0 aromatic rings. The minimum absolute atomic E-state index is 0.366. The van der Waals surface area contributed by atoms with E-state index in [-0.39, 0.29) is 6.61 Å². The molecule has 5 atom stereocenters. The number of ether oxygens (including phenoxy) is 5. The van der Waals surface area contributed by atoms with Crippen LogP contribution in [0.15, 0.2) is 0 Å². The third-order valence-electron chi connectivity index (χ3n) is 2.97. The van der Waals surface area contributed by atoms with Gasteiger partial charge < -0.3 is 28.8 Å². The fraction of sp³-hybridized carbons (Fsp3) is 0.714. The molecular formula is C14H20O10. The highest BCUT2D eigenvalue weighted by Gasteiger charge is 2.51. The molecule has 1 rings (SSSR count). The van der Waals surface area contributed by atoms with Gasteiger partial charge in [0.1, 0.15) is 12.7 Å². The van der Waals surface area contributed by atoms with Crippen molar-refractivity contribution in [1.82, 2.24) is 0 Å². The van der Waals surface area contributed by atoms with Gasteiger partial charge in [-0.2, -0.15) is 0 Å². The predicted molar refractivity (Wildman–Crippen MR) is 74.2 cm³/mol. The molecule has 0 aromatic carbocycles. The van der Waals surface area contributed by atoms with Gasteiger partial charge in [-0.25, -0.2) is 0 Å². The van der Waals surface area contributed by atoms with E-state index >= 15 is 0 Å². The topological polar surface area (TPSA) is 135 Å². The van der Waals surface area contributed by atoms with Crippen LogP contribution >= 0.6 is 0 Å². The first-order valence-electron chi connectivity index (χ1n) is 7.10. The zero-order valence-electron chi connectivity index (χ0n) is 13.7. The van der Waals surface area contributed by atoms with Crippen molar-refractivity contribution in [3.05, 3.63) is 0 Å². The number of rotatable bonds is 5. The van der Waals surface area contributed by atoms with Crippen molar-refractivity contribution < 1.29 is 48.0 Å². The van der Waals surface area contributed by atoms with Crippen LogP contribution in [-0.2, 0) is 42.9 Å². The van der Waals surface area contributed by atoms with E-state index in [9.17, 15) is 24.3 Å². The largest absolute Gasteiger partial charge is 0.463 e. The molecule has 0 spiro atoms. The number of hydrogen-bond donors (Lipinski definition) is 1. The molecule has 10 nitrogen and oxygen atoms in total. The van der Waals surface area contributed by atoms with Gasteiger partial charge in [0.2, 0.25) is 0 Å². The summed E-state index contributed by atoms with van der Waals surface area (Å²) in [5.74, 6) is -2.87. The minimum Gasteiger partial charge on any atom is -0.463 e. The van der Waals surface area contributed by atoms with Crippen molar-refractivity contribution >= 4 is 23.9 Å². The molecule has 0 aliphatic carbocycles. The molecule has 1 unspecified atom stereocenters. The molecule has 0 aromatic heterocycles. The molecule has 0 radical (unpaired) electrons. The van der Waals surface area contributed by atoms with Crippen LogP contribution in [0.4, 0.5) is 0 Å². The van der Waals surface area contributed by atoms with E-state index in [0.717, 1.165) is 27.7 Å². The Morgan fingerprint density at radius 3 is 1.71 bits per heavy atom. The first-order valence-corrected chi connectivity index (χ1v) is 7.10. The highest BCUT2D eigenvalue weighted by molar-refractivity contribution is 5.68. The van der Waals surface area contributed by atoms with Crippen molar-refractivity contribution in [3.63, 3.8) is 0 Å². The van der Waals surface area contributed by atoms with Gasteiger partial charge in [-0.05, 0) is 0 Å². The van der Waals surface area contributed by atoms with Gasteiger partial charge in [0.25, 0.3) is 0 Å². The third-order valence-corrected chi connectivity index (χ3v) is 2.97. The van der Waals surface area contributed by atoms with Crippen LogP contribution in [0.5, 0.6) is 0 Å². The van der Waals surface area contributed by atoms with Crippen molar-refractivity contribution in [2.75, 3.05) is 6.61 Å². The second-order valence-electron chi connectivity index (χ2n) is 5.09. The van der Waals surface area contributed by atoms with Crippen LogP contribution in [0.25, 0.3) is 0 Å². The van der Waals surface area contributed by atoms with Gasteiger partial charge in [0.05, 0.1) is 0 Å². The third kappa shape index (κ3) is 5.78. The second-order valence-corrected chi connectivity index (χ2v) is 5.09. The van der Waals surface area contributed by atoms with Gasteiger partial charge >= 0.3 is 23.9 Å². The van der Waals surface area contributed by atoms with Crippen LogP contribution in [0.2, 0.25) is 0 Å². The lowest BCUT2D eigenvalue weighted by molar-refractivity contribution is -0.296. The summed E-state index contributed by atoms with van der Waals surface area (Å²) in [6.07, 6.45) is -6.79. The van der Waals surface area contributed by atoms with E-state index in [1.807, 2.05) is 0 Å². The summed E-state index contributed by atoms with van der Waals surface area (Å²) in [6, 6.07) is 0. The summed E-state index contributed by atoms with van der Waals surface area (Å²) in [5.41, 5.74) is 0. The Morgan fingerprint density at radius 2 is 1.25 bits per heavy atom. The number of carbonyl (C=O) groups is 4. The van der Waals surface area contributed by atoms with E-state index in [2.05, 4.69) is 0 Å². The van der Waals surface area contributed by atoms with Gasteiger partial charge in [-0.1, -0.05) is 0 Å². The lowest BCUT2D eigenvalue weighted by atomic mass is 9.98. The van der Waals surface area contributed by atoms with Crippen molar-refractivity contribution in [2.24, 2.45) is 0 Å². The molecule has 1 saturated heterocycles. The summed E-state index contributed by atoms with van der Waals surface area (Å²) in [6.45, 7) is 4.09. The molecular weight excluding hydrogens is 328 g/mol. The van der Waals surface area contributed by atoms with Crippen LogP contribution in [0, 0.1) is 0 Å². The molecule has 10 heteroatoms. The normalized spacial score (nSPS) is 29.3. The molecule has 0 bridgehead atoms. The van der Waals surface area contributed by atoms with Gasteiger partial charge in [-0.15, -0.1) is 0 Å². The summed E-state index contributed by atoms with van der Waals surface area (Å²) in [4.78, 5) is 44.9. The van der Waals surface area contributed by atoms with Crippen molar-refractivity contribution in [3.8, 4) is 0 Å². The molecule has 1 aliphatic rings. The Balaban J connectivity index is 3.11. The fourth-order valence-corrected chi connectivity index (χ4v) is 2.21. The second kappa shape index (κ2) is 8.60. The lowest BCUT2D eigenvalue weighted by Crippen LogP contribution is -2.62. The van der Waals surface area contributed by atoms with Crippen LogP contribution in [-0.4, -0.2) is 66.3 Å². The highest BCUT2D eigenvalue weighted by atomic mass is 16.7. The zero-order valence-corrected chi connectivity index (χ0v) is 13.7. The van der Waals surface area contributed by atoms with E-state index < -0.39 is 54.6 Å². The van der Waals surface area contributed by atoms with Crippen LogP contribution in [0.3, 0.4) is 0 Å². The maximum atomic E-state index is 11.3.